The van der Waals surface area contributed by atoms with Crippen LogP contribution in [0.1, 0.15) is 42.9 Å². The summed E-state index contributed by atoms with van der Waals surface area (Å²) in [6, 6.07) is 16.4. The smallest absolute Gasteiger partial charge is 0.285 e. The number of hydrogen-bond donors (Lipinski definition) is 0. The first kappa shape index (κ1) is 19.8. The van der Waals surface area contributed by atoms with E-state index in [1.165, 1.54) is 29.1 Å². The molecule has 1 heterocycles. The molecule has 3 nitrogen and oxygen atoms in total. The number of benzene rings is 2. The molecule has 5 heteroatoms. The van der Waals surface area contributed by atoms with Gasteiger partial charge in [-0.1, -0.05) is 62.0 Å². The standard InChI is InChI=1S/C22H23NO2S2/c1-4-15(2)18-9-11-19(12-10-18)25-14-17-7-5-16(6-8-17)13-20-21(24)23-22(26-3)27-20/h5-13,15H,4,14H2,1-3H3. The van der Waals surface area contributed by atoms with Gasteiger partial charge in [-0.2, -0.15) is 4.99 Å². The van der Waals surface area contributed by atoms with Crippen LogP contribution in [0.15, 0.2) is 58.4 Å². The van der Waals surface area contributed by atoms with Crippen LogP contribution in [0.4, 0.5) is 0 Å². The maximum absolute atomic E-state index is 11.8. The molecule has 0 aromatic heterocycles. The van der Waals surface area contributed by atoms with E-state index in [9.17, 15) is 4.79 Å². The van der Waals surface area contributed by atoms with Crippen molar-refractivity contribution >= 4 is 39.9 Å². The first-order chi connectivity index (χ1) is 13.1. The van der Waals surface area contributed by atoms with Gasteiger partial charge in [0.05, 0.1) is 4.91 Å². The Kier molecular flexibility index (Phi) is 6.80. The highest BCUT2D eigenvalue weighted by molar-refractivity contribution is 8.40. The minimum atomic E-state index is -0.155. The molecule has 0 radical (unpaired) electrons. The molecule has 1 aliphatic rings. The van der Waals surface area contributed by atoms with E-state index in [2.05, 4.69) is 31.0 Å². The molecule has 0 fully saturated rings. The highest BCUT2D eigenvalue weighted by atomic mass is 32.2. The van der Waals surface area contributed by atoms with E-state index in [1.807, 2.05) is 48.7 Å². The average Bonchev–Trinajstić information content (AvgIpc) is 3.07. The monoisotopic (exact) mass is 397 g/mol. The predicted octanol–water partition coefficient (Wildman–Crippen LogP) is 6.11. The van der Waals surface area contributed by atoms with Gasteiger partial charge in [0.1, 0.15) is 16.7 Å². The first-order valence-electron chi connectivity index (χ1n) is 8.97. The molecule has 140 valence electrons. The second-order valence-corrected chi connectivity index (χ2v) is 8.49. The van der Waals surface area contributed by atoms with Crippen molar-refractivity contribution in [1.82, 2.24) is 0 Å². The molecule has 0 aliphatic carbocycles. The van der Waals surface area contributed by atoms with Crippen molar-refractivity contribution in [2.45, 2.75) is 32.8 Å². The molecule has 27 heavy (non-hydrogen) atoms. The number of thioether (sulfide) groups is 2. The lowest BCUT2D eigenvalue weighted by Crippen LogP contribution is -1.96. The average molecular weight is 398 g/mol. The zero-order chi connectivity index (χ0) is 19.2. The van der Waals surface area contributed by atoms with Crippen LogP contribution >= 0.6 is 23.5 Å². The van der Waals surface area contributed by atoms with Gasteiger partial charge in [0.2, 0.25) is 0 Å². The van der Waals surface area contributed by atoms with Crippen LogP contribution in [-0.4, -0.2) is 16.5 Å². The Morgan fingerprint density at radius 1 is 1.15 bits per heavy atom. The van der Waals surface area contributed by atoms with Gasteiger partial charge in [-0.3, -0.25) is 4.79 Å². The van der Waals surface area contributed by atoms with Crippen LogP contribution in [0, 0.1) is 0 Å². The molecule has 1 aliphatic heterocycles. The van der Waals surface area contributed by atoms with Crippen molar-refractivity contribution in [1.29, 1.82) is 0 Å². The Hall–Kier alpha value is -1.98. The van der Waals surface area contributed by atoms with Crippen molar-refractivity contribution in [3.63, 3.8) is 0 Å². The zero-order valence-corrected chi connectivity index (χ0v) is 17.4. The Bertz CT molecular complexity index is 855. The molecule has 0 saturated carbocycles. The summed E-state index contributed by atoms with van der Waals surface area (Å²) in [4.78, 5) is 16.5. The van der Waals surface area contributed by atoms with Gasteiger partial charge in [0, 0.05) is 0 Å². The fourth-order valence-corrected chi connectivity index (χ4v) is 4.05. The summed E-state index contributed by atoms with van der Waals surface area (Å²) in [6.07, 6.45) is 4.95. The molecular weight excluding hydrogens is 374 g/mol. The largest absolute Gasteiger partial charge is 0.489 e. The van der Waals surface area contributed by atoms with Crippen LogP contribution in [0.2, 0.25) is 0 Å². The van der Waals surface area contributed by atoms with E-state index in [1.54, 1.807) is 0 Å². The first-order valence-corrected chi connectivity index (χ1v) is 11.0. The van der Waals surface area contributed by atoms with Crippen molar-refractivity contribution in [3.05, 3.63) is 70.1 Å². The molecule has 0 saturated heterocycles. The zero-order valence-electron chi connectivity index (χ0n) is 15.8. The van der Waals surface area contributed by atoms with E-state index in [-0.39, 0.29) is 5.91 Å². The Morgan fingerprint density at radius 2 is 1.85 bits per heavy atom. The highest BCUT2D eigenvalue weighted by Gasteiger charge is 2.20. The quantitative estimate of drug-likeness (QED) is 0.551. The van der Waals surface area contributed by atoms with E-state index in [0.717, 1.165) is 27.7 Å². The normalized spacial score (nSPS) is 16.5. The molecule has 1 unspecified atom stereocenters. The molecule has 2 aromatic carbocycles. The molecule has 2 aromatic rings. The fourth-order valence-electron chi connectivity index (χ4n) is 2.63. The summed E-state index contributed by atoms with van der Waals surface area (Å²) in [5, 5.41) is 0. The minimum absolute atomic E-state index is 0.155. The number of carbonyl (C=O) groups is 1. The third kappa shape index (κ3) is 5.27. The molecule has 0 N–H and O–H groups in total. The van der Waals surface area contributed by atoms with Gasteiger partial charge in [-0.25, -0.2) is 0 Å². The van der Waals surface area contributed by atoms with Gasteiger partial charge in [-0.15, -0.1) is 11.8 Å². The van der Waals surface area contributed by atoms with Crippen molar-refractivity contribution < 1.29 is 9.53 Å². The minimum Gasteiger partial charge on any atom is -0.489 e. The summed E-state index contributed by atoms with van der Waals surface area (Å²) < 4.78 is 6.69. The van der Waals surface area contributed by atoms with Crippen LogP contribution in [0.3, 0.4) is 0 Å². The van der Waals surface area contributed by atoms with Crippen molar-refractivity contribution in [2.75, 3.05) is 6.26 Å². The topological polar surface area (TPSA) is 38.7 Å². The number of carbonyl (C=O) groups excluding carboxylic acids is 1. The number of rotatable bonds is 6. The predicted molar refractivity (Wildman–Crippen MR) is 117 cm³/mol. The van der Waals surface area contributed by atoms with E-state index in [0.29, 0.717) is 17.4 Å². The van der Waals surface area contributed by atoms with Crippen LogP contribution in [0.25, 0.3) is 6.08 Å². The van der Waals surface area contributed by atoms with Crippen LogP contribution in [-0.2, 0) is 11.4 Å². The maximum Gasteiger partial charge on any atom is 0.285 e. The lowest BCUT2D eigenvalue weighted by Gasteiger charge is -2.11. The van der Waals surface area contributed by atoms with Crippen LogP contribution < -0.4 is 4.74 Å². The van der Waals surface area contributed by atoms with E-state index < -0.39 is 0 Å². The third-order valence-corrected chi connectivity index (χ3v) is 6.49. The van der Waals surface area contributed by atoms with Crippen molar-refractivity contribution in [3.8, 4) is 5.75 Å². The number of ether oxygens (including phenoxy) is 1. The molecule has 0 spiro atoms. The van der Waals surface area contributed by atoms with E-state index >= 15 is 0 Å². The third-order valence-electron chi connectivity index (χ3n) is 4.52. The Labute approximate surface area is 169 Å². The molecule has 1 amide bonds. The summed E-state index contributed by atoms with van der Waals surface area (Å²) in [5.74, 6) is 1.29. The molecular formula is C22H23NO2S2. The number of hydrogen-bond acceptors (Lipinski definition) is 4. The molecule has 1 atom stereocenters. The lowest BCUT2D eigenvalue weighted by atomic mass is 9.99. The Morgan fingerprint density at radius 3 is 2.44 bits per heavy atom. The second-order valence-electron chi connectivity index (χ2n) is 6.41. The summed E-state index contributed by atoms with van der Waals surface area (Å²) in [5.41, 5.74) is 3.43. The maximum atomic E-state index is 11.8. The van der Waals surface area contributed by atoms with Gasteiger partial charge >= 0.3 is 0 Å². The summed E-state index contributed by atoms with van der Waals surface area (Å²) in [7, 11) is 0. The van der Waals surface area contributed by atoms with Crippen molar-refractivity contribution in [2.24, 2.45) is 4.99 Å². The lowest BCUT2D eigenvalue weighted by molar-refractivity contribution is -0.113. The van der Waals surface area contributed by atoms with Crippen LogP contribution in [0.5, 0.6) is 5.75 Å². The highest BCUT2D eigenvalue weighted by Crippen LogP contribution is 2.32. The second kappa shape index (κ2) is 9.29. The summed E-state index contributed by atoms with van der Waals surface area (Å²) in [6.45, 7) is 4.95. The number of nitrogens with zero attached hydrogens (tertiary/aromatic N) is 1. The van der Waals surface area contributed by atoms with E-state index in [4.69, 9.17) is 4.74 Å². The summed E-state index contributed by atoms with van der Waals surface area (Å²) >= 11 is 2.93. The number of aliphatic imine (C=N–C) groups is 1. The Balaban J connectivity index is 1.57. The SMILES string of the molecule is CCC(C)c1ccc(OCc2ccc(C=C3SC(SC)=NC3=O)cc2)cc1. The molecule has 3 rings (SSSR count). The van der Waals surface area contributed by atoms with Gasteiger partial charge in [0.15, 0.2) is 0 Å². The van der Waals surface area contributed by atoms with Gasteiger partial charge in [0.25, 0.3) is 5.91 Å². The fraction of sp³-hybridized carbons (Fsp3) is 0.273. The number of amides is 1. The molecule has 0 bridgehead atoms. The van der Waals surface area contributed by atoms with Gasteiger partial charge in [-0.05, 0) is 53.5 Å². The van der Waals surface area contributed by atoms with Gasteiger partial charge < -0.3 is 4.74 Å².